The monoisotopic (exact) mass is 297 g/mol. The maximum absolute atomic E-state index is 7.43. The third-order valence-electron chi connectivity index (χ3n) is 3.86. The van der Waals surface area contributed by atoms with Crippen molar-refractivity contribution in [3.05, 3.63) is 57.8 Å². The van der Waals surface area contributed by atoms with Crippen LogP contribution in [0, 0.1) is 5.41 Å². The van der Waals surface area contributed by atoms with Gasteiger partial charge in [-0.2, -0.15) is 11.3 Å². The minimum atomic E-state index is 0.126. The highest BCUT2D eigenvalue weighted by Gasteiger charge is 2.14. The van der Waals surface area contributed by atoms with Gasteiger partial charge in [0, 0.05) is 24.3 Å². The maximum atomic E-state index is 7.43. The summed E-state index contributed by atoms with van der Waals surface area (Å²) in [6.07, 6.45) is 4.56. The first-order chi connectivity index (χ1) is 10.2. The van der Waals surface area contributed by atoms with Crippen molar-refractivity contribution in [2.75, 3.05) is 18.0 Å². The predicted molar refractivity (Wildman–Crippen MR) is 91.2 cm³/mol. The molecule has 0 bridgehead atoms. The zero-order valence-electron chi connectivity index (χ0n) is 11.9. The van der Waals surface area contributed by atoms with E-state index < -0.39 is 0 Å². The summed E-state index contributed by atoms with van der Waals surface area (Å²) < 4.78 is 0. The molecule has 0 spiro atoms. The highest BCUT2D eigenvalue weighted by Crippen LogP contribution is 2.25. The molecule has 4 heteroatoms. The van der Waals surface area contributed by atoms with Crippen molar-refractivity contribution in [3.8, 4) is 0 Å². The van der Waals surface area contributed by atoms with Gasteiger partial charge in [-0.15, -0.1) is 0 Å². The molecule has 3 N–H and O–H groups in total. The number of rotatable bonds is 3. The SMILES string of the molecule is N=C(N)c1ccc(N2CCC(=Cc3ccsc3)CC2)cc1. The molecule has 3 nitrogen and oxygen atoms in total. The zero-order valence-corrected chi connectivity index (χ0v) is 12.7. The van der Waals surface area contributed by atoms with E-state index >= 15 is 0 Å². The first kappa shape index (κ1) is 13.9. The molecule has 3 rings (SSSR count). The minimum Gasteiger partial charge on any atom is -0.384 e. The van der Waals surface area contributed by atoms with Crippen LogP contribution in [0.2, 0.25) is 0 Å². The van der Waals surface area contributed by atoms with E-state index in [1.165, 1.54) is 16.8 Å². The summed E-state index contributed by atoms with van der Waals surface area (Å²) in [5.74, 6) is 0.126. The molecule has 1 aromatic carbocycles. The van der Waals surface area contributed by atoms with Gasteiger partial charge in [-0.25, -0.2) is 0 Å². The Morgan fingerprint density at radius 2 is 1.86 bits per heavy atom. The molecule has 108 valence electrons. The highest BCUT2D eigenvalue weighted by molar-refractivity contribution is 7.08. The average molecular weight is 297 g/mol. The van der Waals surface area contributed by atoms with E-state index in [-0.39, 0.29) is 5.84 Å². The lowest BCUT2D eigenvalue weighted by Gasteiger charge is -2.30. The number of benzene rings is 1. The van der Waals surface area contributed by atoms with E-state index in [9.17, 15) is 0 Å². The van der Waals surface area contributed by atoms with Crippen LogP contribution in [-0.4, -0.2) is 18.9 Å². The summed E-state index contributed by atoms with van der Waals surface area (Å²) in [4.78, 5) is 2.40. The number of anilines is 1. The Bertz CT molecular complexity index is 631. The van der Waals surface area contributed by atoms with Crippen LogP contribution in [-0.2, 0) is 0 Å². The summed E-state index contributed by atoms with van der Waals surface area (Å²) in [7, 11) is 0. The van der Waals surface area contributed by atoms with Crippen LogP contribution in [0.25, 0.3) is 6.08 Å². The Hall–Kier alpha value is -2.07. The molecular weight excluding hydrogens is 278 g/mol. The number of nitrogens with zero attached hydrogens (tertiary/aromatic N) is 1. The molecule has 1 aliphatic rings. The van der Waals surface area contributed by atoms with Crippen LogP contribution in [0.5, 0.6) is 0 Å². The van der Waals surface area contributed by atoms with Crippen molar-refractivity contribution >= 4 is 28.9 Å². The van der Waals surface area contributed by atoms with Crippen LogP contribution in [0.15, 0.2) is 46.7 Å². The number of nitrogens with one attached hydrogen (secondary N) is 1. The van der Waals surface area contributed by atoms with Gasteiger partial charge in [0.1, 0.15) is 5.84 Å². The minimum absolute atomic E-state index is 0.126. The number of piperidine rings is 1. The molecule has 0 aliphatic carbocycles. The Balaban J connectivity index is 1.64. The van der Waals surface area contributed by atoms with Crippen molar-refractivity contribution in [3.63, 3.8) is 0 Å². The van der Waals surface area contributed by atoms with Gasteiger partial charge in [0.15, 0.2) is 0 Å². The van der Waals surface area contributed by atoms with Crippen molar-refractivity contribution < 1.29 is 0 Å². The van der Waals surface area contributed by atoms with Crippen LogP contribution in [0.4, 0.5) is 5.69 Å². The van der Waals surface area contributed by atoms with Gasteiger partial charge in [0.25, 0.3) is 0 Å². The zero-order chi connectivity index (χ0) is 14.7. The third kappa shape index (κ3) is 3.34. The van der Waals surface area contributed by atoms with Gasteiger partial charge in [-0.1, -0.05) is 11.6 Å². The molecule has 1 fully saturated rings. The van der Waals surface area contributed by atoms with E-state index in [1.54, 1.807) is 11.3 Å². The standard InChI is InChI=1S/C17H19N3S/c18-17(19)15-1-3-16(4-2-15)20-8-5-13(6-9-20)11-14-7-10-21-12-14/h1-4,7,10-12H,5-6,8-9H2,(H3,18,19). The Kier molecular flexibility index (Phi) is 4.06. The van der Waals surface area contributed by atoms with Gasteiger partial charge < -0.3 is 10.6 Å². The number of hydrogen-bond donors (Lipinski definition) is 2. The van der Waals surface area contributed by atoms with E-state index in [1.807, 2.05) is 12.1 Å². The van der Waals surface area contributed by atoms with Gasteiger partial charge in [0.05, 0.1) is 0 Å². The number of amidine groups is 1. The fourth-order valence-electron chi connectivity index (χ4n) is 2.64. The Labute approximate surface area is 129 Å². The fraction of sp³-hybridized carbons (Fsp3) is 0.235. The lowest BCUT2D eigenvalue weighted by atomic mass is 10.0. The van der Waals surface area contributed by atoms with Gasteiger partial charge in [-0.05, 0) is 59.5 Å². The summed E-state index contributed by atoms with van der Waals surface area (Å²) in [5.41, 5.74) is 10.4. The summed E-state index contributed by atoms with van der Waals surface area (Å²) >= 11 is 1.75. The first-order valence-corrected chi connectivity index (χ1v) is 8.08. The van der Waals surface area contributed by atoms with Crippen LogP contribution >= 0.6 is 11.3 Å². The Morgan fingerprint density at radius 1 is 1.14 bits per heavy atom. The average Bonchev–Trinajstić information content (AvgIpc) is 3.01. The van der Waals surface area contributed by atoms with Crippen molar-refractivity contribution in [1.82, 2.24) is 0 Å². The van der Waals surface area contributed by atoms with Gasteiger partial charge in [0.2, 0.25) is 0 Å². The highest BCUT2D eigenvalue weighted by atomic mass is 32.1. The molecule has 1 saturated heterocycles. The molecule has 0 radical (unpaired) electrons. The summed E-state index contributed by atoms with van der Waals surface area (Å²) in [5, 5.41) is 11.7. The van der Waals surface area contributed by atoms with Crippen LogP contribution < -0.4 is 10.6 Å². The third-order valence-corrected chi connectivity index (χ3v) is 4.56. The molecule has 0 unspecified atom stereocenters. The van der Waals surface area contributed by atoms with Gasteiger partial charge >= 0.3 is 0 Å². The number of hydrogen-bond acceptors (Lipinski definition) is 3. The summed E-state index contributed by atoms with van der Waals surface area (Å²) in [6, 6.07) is 10.1. The van der Waals surface area contributed by atoms with Crippen molar-refractivity contribution in [1.29, 1.82) is 5.41 Å². The molecule has 1 aliphatic heterocycles. The lowest BCUT2D eigenvalue weighted by Crippen LogP contribution is -2.30. The van der Waals surface area contributed by atoms with Crippen LogP contribution in [0.3, 0.4) is 0 Å². The van der Waals surface area contributed by atoms with E-state index in [0.29, 0.717) is 0 Å². The van der Waals surface area contributed by atoms with Crippen LogP contribution in [0.1, 0.15) is 24.0 Å². The topological polar surface area (TPSA) is 53.1 Å². The second-order valence-corrected chi connectivity index (χ2v) is 6.09. The lowest BCUT2D eigenvalue weighted by molar-refractivity contribution is 0.689. The molecule has 0 amide bonds. The van der Waals surface area contributed by atoms with Gasteiger partial charge in [-0.3, -0.25) is 5.41 Å². The molecular formula is C17H19N3S. The molecule has 1 aromatic heterocycles. The molecule has 0 saturated carbocycles. The predicted octanol–water partition coefficient (Wildman–Crippen LogP) is 3.72. The summed E-state index contributed by atoms with van der Waals surface area (Å²) in [6.45, 7) is 2.10. The number of nitrogen functional groups attached to an aromatic ring is 1. The second-order valence-electron chi connectivity index (χ2n) is 5.31. The number of thiophene rings is 1. The second kappa shape index (κ2) is 6.14. The fourth-order valence-corrected chi connectivity index (χ4v) is 3.26. The Morgan fingerprint density at radius 3 is 2.43 bits per heavy atom. The molecule has 0 atom stereocenters. The largest absolute Gasteiger partial charge is 0.384 e. The van der Waals surface area contributed by atoms with Crippen molar-refractivity contribution in [2.45, 2.75) is 12.8 Å². The molecule has 2 aromatic rings. The molecule has 2 heterocycles. The first-order valence-electron chi connectivity index (χ1n) is 7.13. The number of nitrogens with two attached hydrogens (primary N) is 1. The van der Waals surface area contributed by atoms with E-state index in [2.05, 4.69) is 39.9 Å². The quantitative estimate of drug-likeness (QED) is 0.670. The smallest absolute Gasteiger partial charge is 0.122 e. The normalized spacial score (nSPS) is 15.0. The van der Waals surface area contributed by atoms with Crippen molar-refractivity contribution in [2.24, 2.45) is 5.73 Å². The maximum Gasteiger partial charge on any atom is 0.122 e. The van der Waals surface area contributed by atoms with E-state index in [4.69, 9.17) is 11.1 Å². The molecule has 21 heavy (non-hydrogen) atoms. The van der Waals surface area contributed by atoms with E-state index in [0.717, 1.165) is 31.5 Å².